The molecule has 0 atom stereocenters. The quantitative estimate of drug-likeness (QED) is 0.613. The molecule has 0 fully saturated rings. The zero-order valence-electron chi connectivity index (χ0n) is 8.47. The molecule has 0 saturated carbocycles. The van der Waals surface area contributed by atoms with E-state index in [4.69, 9.17) is 0 Å². The van der Waals surface area contributed by atoms with E-state index in [2.05, 4.69) is 0 Å². The molecular formula is C11H7F6. The van der Waals surface area contributed by atoms with E-state index >= 15 is 0 Å². The molecule has 0 heterocycles. The first-order valence-electron chi connectivity index (χ1n) is 4.92. The van der Waals surface area contributed by atoms with Crippen LogP contribution < -0.4 is 0 Å². The van der Waals surface area contributed by atoms with Crippen LogP contribution in [0, 0.1) is 6.07 Å². The summed E-state index contributed by atoms with van der Waals surface area (Å²) in [6, 6.07) is 2.25. The van der Waals surface area contributed by atoms with E-state index in [1.807, 2.05) is 0 Å². The Bertz CT molecular complexity index is 441. The summed E-state index contributed by atoms with van der Waals surface area (Å²) in [5.41, 5.74) is -2.50. The lowest BCUT2D eigenvalue weighted by atomic mass is 9.99. The molecule has 0 aromatic heterocycles. The fourth-order valence-electron chi connectivity index (χ4n) is 2.03. The van der Waals surface area contributed by atoms with Crippen molar-refractivity contribution in [1.82, 2.24) is 0 Å². The standard InChI is InChI=1S/C11H7F6/c12-10(13,14)7-4-6-2-1-3-8(6)9(5-7)11(15,16)17/h4H,1-3H2. The normalized spacial score (nSPS) is 16.1. The Hall–Kier alpha value is -1.20. The number of fused-ring (bicyclic) bond motifs is 1. The predicted octanol–water partition coefficient (Wildman–Crippen LogP) is 4.01. The number of alkyl halides is 6. The van der Waals surface area contributed by atoms with E-state index in [-0.39, 0.29) is 24.0 Å². The molecule has 0 aliphatic heterocycles. The van der Waals surface area contributed by atoms with Crippen LogP contribution in [0.5, 0.6) is 0 Å². The number of benzene rings is 1. The van der Waals surface area contributed by atoms with Gasteiger partial charge in [0.05, 0.1) is 11.1 Å². The zero-order valence-corrected chi connectivity index (χ0v) is 8.47. The molecular weight excluding hydrogens is 246 g/mol. The van der Waals surface area contributed by atoms with Gasteiger partial charge >= 0.3 is 12.4 Å². The Morgan fingerprint density at radius 1 is 0.941 bits per heavy atom. The third kappa shape index (κ3) is 2.25. The molecule has 6 heteroatoms. The predicted molar refractivity (Wildman–Crippen MR) is 47.3 cm³/mol. The van der Waals surface area contributed by atoms with E-state index in [9.17, 15) is 26.3 Å². The Morgan fingerprint density at radius 2 is 1.59 bits per heavy atom. The third-order valence-electron chi connectivity index (χ3n) is 2.73. The molecule has 2 rings (SSSR count). The van der Waals surface area contributed by atoms with Gasteiger partial charge < -0.3 is 0 Å². The van der Waals surface area contributed by atoms with Crippen LogP contribution in [0.3, 0.4) is 0 Å². The monoisotopic (exact) mass is 253 g/mol. The highest BCUT2D eigenvalue weighted by atomic mass is 19.4. The molecule has 0 saturated heterocycles. The number of rotatable bonds is 0. The van der Waals surface area contributed by atoms with Crippen molar-refractivity contribution in [3.8, 4) is 0 Å². The summed E-state index contributed by atoms with van der Waals surface area (Å²) in [7, 11) is 0. The van der Waals surface area contributed by atoms with Crippen molar-refractivity contribution in [3.63, 3.8) is 0 Å². The van der Waals surface area contributed by atoms with Gasteiger partial charge in [0.1, 0.15) is 0 Å². The number of halogens is 6. The fourth-order valence-corrected chi connectivity index (χ4v) is 2.03. The molecule has 1 aromatic carbocycles. The molecule has 17 heavy (non-hydrogen) atoms. The molecule has 0 N–H and O–H groups in total. The Kier molecular flexibility index (Phi) is 2.63. The highest BCUT2D eigenvalue weighted by Gasteiger charge is 2.40. The van der Waals surface area contributed by atoms with Crippen LogP contribution in [0.2, 0.25) is 0 Å². The summed E-state index contributed by atoms with van der Waals surface area (Å²) >= 11 is 0. The van der Waals surface area contributed by atoms with E-state index in [0.29, 0.717) is 6.42 Å². The minimum Gasteiger partial charge on any atom is -0.166 e. The van der Waals surface area contributed by atoms with Gasteiger partial charge in [-0.3, -0.25) is 0 Å². The summed E-state index contributed by atoms with van der Waals surface area (Å²) in [6.45, 7) is 0. The van der Waals surface area contributed by atoms with Crippen LogP contribution in [-0.2, 0) is 25.2 Å². The van der Waals surface area contributed by atoms with Gasteiger partial charge in [-0.1, -0.05) is 0 Å². The largest absolute Gasteiger partial charge is 0.417 e. The van der Waals surface area contributed by atoms with Crippen LogP contribution in [0.15, 0.2) is 6.07 Å². The SMILES string of the molecule is FC(F)(F)c1[c]c(C(F)(F)F)c2c(c1)CCC2. The second-order valence-corrected chi connectivity index (χ2v) is 3.91. The molecule has 0 bridgehead atoms. The van der Waals surface area contributed by atoms with Gasteiger partial charge in [-0.2, -0.15) is 26.3 Å². The molecule has 0 nitrogen and oxygen atoms in total. The summed E-state index contributed by atoms with van der Waals surface area (Å²) in [4.78, 5) is 0. The Morgan fingerprint density at radius 3 is 2.12 bits per heavy atom. The van der Waals surface area contributed by atoms with Gasteiger partial charge in [0.2, 0.25) is 0 Å². The Balaban J connectivity index is 2.62. The van der Waals surface area contributed by atoms with Crippen LogP contribution in [0.1, 0.15) is 28.7 Å². The van der Waals surface area contributed by atoms with Gasteiger partial charge in [-0.15, -0.1) is 0 Å². The molecule has 1 aliphatic rings. The second kappa shape index (κ2) is 3.65. The molecule has 1 aliphatic carbocycles. The van der Waals surface area contributed by atoms with E-state index < -0.39 is 23.5 Å². The van der Waals surface area contributed by atoms with Crippen LogP contribution in [-0.4, -0.2) is 0 Å². The molecule has 93 valence electrons. The molecule has 1 aromatic rings. The maximum absolute atomic E-state index is 12.6. The number of aryl methyl sites for hydroxylation is 1. The lowest BCUT2D eigenvalue weighted by Crippen LogP contribution is -2.14. The topological polar surface area (TPSA) is 0 Å². The number of hydrogen-bond donors (Lipinski definition) is 0. The first-order chi connectivity index (χ1) is 7.69. The van der Waals surface area contributed by atoms with Crippen molar-refractivity contribution >= 4 is 0 Å². The van der Waals surface area contributed by atoms with Gasteiger partial charge in [0.25, 0.3) is 0 Å². The molecule has 0 amide bonds. The van der Waals surface area contributed by atoms with Gasteiger partial charge in [-0.05, 0) is 36.5 Å². The second-order valence-electron chi connectivity index (χ2n) is 3.91. The average molecular weight is 253 g/mol. The average Bonchev–Trinajstić information content (AvgIpc) is 2.59. The summed E-state index contributed by atoms with van der Waals surface area (Å²) < 4.78 is 75.1. The number of hydrogen-bond acceptors (Lipinski definition) is 0. The smallest absolute Gasteiger partial charge is 0.166 e. The van der Waals surface area contributed by atoms with Crippen LogP contribution >= 0.6 is 0 Å². The van der Waals surface area contributed by atoms with Crippen molar-refractivity contribution in [2.75, 3.05) is 0 Å². The van der Waals surface area contributed by atoms with Crippen LogP contribution in [0.25, 0.3) is 0 Å². The van der Waals surface area contributed by atoms with Crippen molar-refractivity contribution in [1.29, 1.82) is 0 Å². The molecule has 0 spiro atoms. The highest BCUT2D eigenvalue weighted by molar-refractivity contribution is 5.43. The van der Waals surface area contributed by atoms with Gasteiger partial charge in [-0.25, -0.2) is 0 Å². The van der Waals surface area contributed by atoms with E-state index in [1.165, 1.54) is 6.07 Å². The summed E-state index contributed by atoms with van der Waals surface area (Å²) in [5.74, 6) is 0. The Labute approximate surface area is 93.2 Å². The van der Waals surface area contributed by atoms with Crippen molar-refractivity contribution in [2.24, 2.45) is 0 Å². The highest BCUT2D eigenvalue weighted by Crippen LogP contribution is 2.40. The lowest BCUT2D eigenvalue weighted by Gasteiger charge is -2.15. The maximum atomic E-state index is 12.6. The van der Waals surface area contributed by atoms with E-state index in [1.54, 1.807) is 0 Å². The molecule has 1 radical (unpaired) electrons. The van der Waals surface area contributed by atoms with Crippen molar-refractivity contribution in [2.45, 2.75) is 31.6 Å². The summed E-state index contributed by atoms with van der Waals surface area (Å²) in [6.07, 6.45) is -8.70. The van der Waals surface area contributed by atoms with Crippen molar-refractivity contribution in [3.05, 3.63) is 34.4 Å². The lowest BCUT2D eigenvalue weighted by molar-refractivity contribution is -0.143. The van der Waals surface area contributed by atoms with Gasteiger partial charge in [0.15, 0.2) is 0 Å². The zero-order chi connectivity index (χ0) is 12.8. The summed E-state index contributed by atoms with van der Waals surface area (Å²) in [5, 5.41) is 0. The minimum absolute atomic E-state index is 0.0366. The molecule has 0 unspecified atom stereocenters. The first kappa shape index (κ1) is 12.3. The van der Waals surface area contributed by atoms with E-state index in [0.717, 1.165) is 6.07 Å². The fraction of sp³-hybridized carbons (Fsp3) is 0.455. The maximum Gasteiger partial charge on any atom is 0.417 e. The minimum atomic E-state index is -4.79. The van der Waals surface area contributed by atoms with Crippen LogP contribution in [0.4, 0.5) is 26.3 Å². The van der Waals surface area contributed by atoms with Crippen molar-refractivity contribution < 1.29 is 26.3 Å². The van der Waals surface area contributed by atoms with Gasteiger partial charge in [0, 0.05) is 6.07 Å². The third-order valence-corrected chi connectivity index (χ3v) is 2.73. The first-order valence-corrected chi connectivity index (χ1v) is 4.92.